The van der Waals surface area contributed by atoms with Crippen LogP contribution < -0.4 is 5.73 Å². The quantitative estimate of drug-likeness (QED) is 0.917. The van der Waals surface area contributed by atoms with Crippen LogP contribution in [0.3, 0.4) is 0 Å². The van der Waals surface area contributed by atoms with Crippen molar-refractivity contribution < 1.29 is 4.79 Å². The minimum Gasteiger partial charge on any atom is -0.403 e. The number of aryl methyl sites for hydroxylation is 1. The van der Waals surface area contributed by atoms with E-state index >= 15 is 0 Å². The number of amides is 1. The zero-order valence-corrected chi connectivity index (χ0v) is 14.2. The van der Waals surface area contributed by atoms with Crippen molar-refractivity contribution in [3.63, 3.8) is 0 Å². The molecular weight excluding hydrogens is 298 g/mol. The van der Waals surface area contributed by atoms with Gasteiger partial charge in [0, 0.05) is 35.8 Å². The molecule has 0 saturated carbocycles. The molecule has 2 heterocycles. The molecule has 0 spiro atoms. The van der Waals surface area contributed by atoms with Gasteiger partial charge in [0.2, 0.25) is 0 Å². The summed E-state index contributed by atoms with van der Waals surface area (Å²) in [5, 5.41) is 0. The summed E-state index contributed by atoms with van der Waals surface area (Å²) in [5.74, 6) is 0.304. The third-order valence-corrected chi connectivity index (χ3v) is 4.60. The number of nitrogens with two attached hydrogens (primary N) is 1. The number of carbonyl (C=O) groups excluding carboxylic acids is 1. The standard InChI is InChI=1S/C20H23N3O/c1-14-8-9-16(18-7-3-4-10-22-18)17(12-14)20(24)23-11-5-6-15(2)19(23)13-21/h3-4,7-10,12-13,15H,5-6,11,21H2,1-2H3/b19-13+/t15-/m1/s1. The van der Waals surface area contributed by atoms with Crippen LogP contribution in [0.4, 0.5) is 0 Å². The minimum absolute atomic E-state index is 0.00241. The summed E-state index contributed by atoms with van der Waals surface area (Å²) in [4.78, 5) is 19.5. The van der Waals surface area contributed by atoms with Gasteiger partial charge in [0.05, 0.1) is 5.69 Å². The van der Waals surface area contributed by atoms with E-state index < -0.39 is 0 Å². The molecular formula is C20H23N3O. The maximum atomic E-state index is 13.3. The largest absolute Gasteiger partial charge is 0.403 e. The number of rotatable bonds is 2. The molecule has 4 nitrogen and oxygen atoms in total. The maximum absolute atomic E-state index is 13.3. The summed E-state index contributed by atoms with van der Waals surface area (Å²) < 4.78 is 0. The average Bonchev–Trinajstić information content (AvgIpc) is 2.61. The molecule has 0 bridgehead atoms. The molecule has 1 fully saturated rings. The third kappa shape index (κ3) is 3.04. The normalized spacial score (nSPS) is 19.5. The van der Waals surface area contributed by atoms with Gasteiger partial charge in [0.15, 0.2) is 0 Å². The molecule has 3 rings (SSSR count). The number of pyridine rings is 1. The van der Waals surface area contributed by atoms with Gasteiger partial charge in [-0.2, -0.15) is 0 Å². The van der Waals surface area contributed by atoms with E-state index in [0.29, 0.717) is 18.0 Å². The molecule has 1 saturated heterocycles. The lowest BCUT2D eigenvalue weighted by Gasteiger charge is -2.34. The van der Waals surface area contributed by atoms with Crippen LogP contribution in [0.15, 0.2) is 54.5 Å². The summed E-state index contributed by atoms with van der Waals surface area (Å²) in [6.45, 7) is 4.83. The van der Waals surface area contributed by atoms with Crippen LogP contribution >= 0.6 is 0 Å². The molecule has 2 N–H and O–H groups in total. The van der Waals surface area contributed by atoms with Crippen LogP contribution in [0.25, 0.3) is 11.3 Å². The highest BCUT2D eigenvalue weighted by atomic mass is 16.2. The van der Waals surface area contributed by atoms with Crippen LogP contribution in [-0.2, 0) is 0 Å². The molecule has 0 radical (unpaired) electrons. The summed E-state index contributed by atoms with van der Waals surface area (Å²) in [6.07, 6.45) is 5.39. The molecule has 1 aromatic heterocycles. The topological polar surface area (TPSA) is 59.2 Å². The summed E-state index contributed by atoms with van der Waals surface area (Å²) in [5.41, 5.74) is 10.1. The Balaban J connectivity index is 2.05. The van der Waals surface area contributed by atoms with Crippen molar-refractivity contribution >= 4 is 5.91 Å². The van der Waals surface area contributed by atoms with Crippen molar-refractivity contribution in [1.29, 1.82) is 0 Å². The Morgan fingerprint density at radius 2 is 2.17 bits per heavy atom. The van der Waals surface area contributed by atoms with Crippen molar-refractivity contribution in [2.75, 3.05) is 6.54 Å². The molecule has 4 heteroatoms. The number of allylic oxidation sites excluding steroid dienone is 1. The Hall–Kier alpha value is -2.62. The zero-order chi connectivity index (χ0) is 17.1. The van der Waals surface area contributed by atoms with Gasteiger partial charge in [-0.15, -0.1) is 0 Å². The number of nitrogens with zero attached hydrogens (tertiary/aromatic N) is 2. The van der Waals surface area contributed by atoms with Gasteiger partial charge in [-0.05, 0) is 43.9 Å². The first-order valence-electron chi connectivity index (χ1n) is 8.37. The second kappa shape index (κ2) is 6.87. The SMILES string of the molecule is Cc1ccc(-c2ccccn2)c(C(=O)N2CCC[C@@H](C)/C2=C\N)c1. The molecule has 2 aromatic rings. The summed E-state index contributed by atoms with van der Waals surface area (Å²) in [6, 6.07) is 11.7. The molecule has 124 valence electrons. The van der Waals surface area contributed by atoms with E-state index in [1.807, 2.05) is 48.2 Å². The maximum Gasteiger partial charge on any atom is 0.258 e. The minimum atomic E-state index is 0.00241. The van der Waals surface area contributed by atoms with Crippen LogP contribution in [-0.4, -0.2) is 22.3 Å². The van der Waals surface area contributed by atoms with Gasteiger partial charge in [-0.1, -0.05) is 30.7 Å². The number of hydrogen-bond acceptors (Lipinski definition) is 3. The van der Waals surface area contributed by atoms with Gasteiger partial charge < -0.3 is 10.6 Å². The Morgan fingerprint density at radius 1 is 1.33 bits per heavy atom. The number of piperidine rings is 1. The molecule has 1 aliphatic heterocycles. The van der Waals surface area contributed by atoms with Gasteiger partial charge >= 0.3 is 0 Å². The number of aromatic nitrogens is 1. The Labute approximate surface area is 143 Å². The van der Waals surface area contributed by atoms with Crippen molar-refractivity contribution in [1.82, 2.24) is 9.88 Å². The van der Waals surface area contributed by atoms with Crippen LogP contribution in [0.1, 0.15) is 35.7 Å². The van der Waals surface area contributed by atoms with Crippen molar-refractivity contribution in [3.05, 3.63) is 65.6 Å². The average molecular weight is 321 g/mol. The molecule has 1 aliphatic rings. The molecule has 0 unspecified atom stereocenters. The first-order valence-corrected chi connectivity index (χ1v) is 8.37. The predicted octanol–water partition coefficient (Wildman–Crippen LogP) is 3.73. The van der Waals surface area contributed by atoms with Crippen LogP contribution in [0.5, 0.6) is 0 Å². The zero-order valence-electron chi connectivity index (χ0n) is 14.2. The second-order valence-corrected chi connectivity index (χ2v) is 6.36. The van der Waals surface area contributed by atoms with Gasteiger partial charge in [-0.3, -0.25) is 9.78 Å². The highest BCUT2D eigenvalue weighted by Crippen LogP contribution is 2.30. The number of likely N-dealkylation sites (tertiary alicyclic amines) is 1. The molecule has 24 heavy (non-hydrogen) atoms. The number of benzene rings is 1. The molecule has 0 aliphatic carbocycles. The lowest BCUT2D eigenvalue weighted by atomic mass is 9.94. The van der Waals surface area contributed by atoms with E-state index in [4.69, 9.17) is 5.73 Å². The van der Waals surface area contributed by atoms with Crippen LogP contribution in [0.2, 0.25) is 0 Å². The monoisotopic (exact) mass is 321 g/mol. The van der Waals surface area contributed by atoms with Crippen molar-refractivity contribution in [2.45, 2.75) is 26.7 Å². The lowest BCUT2D eigenvalue weighted by molar-refractivity contribution is 0.0762. The number of carbonyl (C=O) groups is 1. The summed E-state index contributed by atoms with van der Waals surface area (Å²) in [7, 11) is 0. The first kappa shape index (κ1) is 16.2. The number of hydrogen-bond donors (Lipinski definition) is 1. The van der Waals surface area contributed by atoms with E-state index in [-0.39, 0.29) is 5.91 Å². The van der Waals surface area contributed by atoms with Crippen LogP contribution in [0, 0.1) is 12.8 Å². The fourth-order valence-electron chi connectivity index (χ4n) is 3.30. The lowest BCUT2D eigenvalue weighted by Crippen LogP contribution is -2.38. The predicted molar refractivity (Wildman–Crippen MR) is 96.1 cm³/mol. The highest BCUT2D eigenvalue weighted by molar-refractivity contribution is 6.01. The van der Waals surface area contributed by atoms with Gasteiger partial charge in [-0.25, -0.2) is 0 Å². The Kier molecular flexibility index (Phi) is 4.65. The Bertz CT molecular complexity index is 768. The van der Waals surface area contributed by atoms with Crippen molar-refractivity contribution in [2.24, 2.45) is 11.7 Å². The molecule has 1 aromatic carbocycles. The third-order valence-electron chi connectivity index (χ3n) is 4.60. The fourth-order valence-corrected chi connectivity index (χ4v) is 3.30. The van der Waals surface area contributed by atoms with E-state index in [1.54, 1.807) is 12.4 Å². The highest BCUT2D eigenvalue weighted by Gasteiger charge is 2.28. The van der Waals surface area contributed by atoms with Crippen molar-refractivity contribution in [3.8, 4) is 11.3 Å². The van der Waals surface area contributed by atoms with E-state index in [0.717, 1.165) is 35.4 Å². The smallest absolute Gasteiger partial charge is 0.258 e. The Morgan fingerprint density at radius 3 is 2.88 bits per heavy atom. The van der Waals surface area contributed by atoms with E-state index in [9.17, 15) is 4.79 Å². The van der Waals surface area contributed by atoms with Gasteiger partial charge in [0.25, 0.3) is 5.91 Å². The fraction of sp³-hybridized carbons (Fsp3) is 0.300. The van der Waals surface area contributed by atoms with E-state index in [1.165, 1.54) is 0 Å². The molecule has 1 amide bonds. The first-order chi connectivity index (χ1) is 11.6. The van der Waals surface area contributed by atoms with Gasteiger partial charge in [0.1, 0.15) is 0 Å². The van der Waals surface area contributed by atoms with E-state index in [2.05, 4.69) is 11.9 Å². The second-order valence-electron chi connectivity index (χ2n) is 6.36. The summed E-state index contributed by atoms with van der Waals surface area (Å²) >= 11 is 0. The molecule has 1 atom stereocenters.